The van der Waals surface area contributed by atoms with E-state index in [4.69, 9.17) is 0 Å². The number of benzene rings is 1. The van der Waals surface area contributed by atoms with Crippen LogP contribution < -0.4 is 5.32 Å². The molecule has 0 spiro atoms. The summed E-state index contributed by atoms with van der Waals surface area (Å²) in [5, 5.41) is 13.3. The average Bonchev–Trinajstić information content (AvgIpc) is 2.60. The van der Waals surface area contributed by atoms with Crippen molar-refractivity contribution < 1.29 is 5.11 Å². The van der Waals surface area contributed by atoms with Crippen molar-refractivity contribution in [2.75, 3.05) is 5.32 Å². The Bertz CT molecular complexity index is 436. The summed E-state index contributed by atoms with van der Waals surface area (Å²) in [5.74, 6) is 0.605. The van der Waals surface area contributed by atoms with Gasteiger partial charge in [0.15, 0.2) is 5.60 Å². The molecule has 3 nitrogen and oxygen atoms in total. The summed E-state index contributed by atoms with van der Waals surface area (Å²) in [7, 11) is 0. The summed E-state index contributed by atoms with van der Waals surface area (Å²) >= 11 is 0. The van der Waals surface area contributed by atoms with E-state index in [2.05, 4.69) is 10.3 Å². The molecule has 0 saturated carbocycles. The van der Waals surface area contributed by atoms with E-state index >= 15 is 0 Å². The summed E-state index contributed by atoms with van der Waals surface area (Å²) < 4.78 is 0. The van der Waals surface area contributed by atoms with E-state index in [9.17, 15) is 5.11 Å². The van der Waals surface area contributed by atoms with E-state index in [1.807, 2.05) is 24.3 Å². The van der Waals surface area contributed by atoms with Crippen LogP contribution in [0.25, 0.3) is 0 Å². The van der Waals surface area contributed by atoms with Gasteiger partial charge in [0.2, 0.25) is 0 Å². The van der Waals surface area contributed by atoms with Crippen LogP contribution in [0.5, 0.6) is 0 Å². The van der Waals surface area contributed by atoms with Gasteiger partial charge >= 0.3 is 0 Å². The Morgan fingerprint density at radius 3 is 3.08 bits per heavy atom. The Hall–Kier alpha value is -1.61. The number of rotatable bonds is 0. The average molecular weight is 172 g/mol. The van der Waals surface area contributed by atoms with Crippen LogP contribution in [0.3, 0.4) is 0 Å². The largest absolute Gasteiger partial charge is 0.373 e. The van der Waals surface area contributed by atoms with Crippen LogP contribution in [-0.2, 0) is 5.60 Å². The summed E-state index contributed by atoms with van der Waals surface area (Å²) in [6.07, 6.45) is 3.32. The molecular formula is C10H8N2O. The monoisotopic (exact) mass is 172 g/mol. The van der Waals surface area contributed by atoms with Crippen LogP contribution in [0.15, 0.2) is 41.5 Å². The number of hydrogen-bond donors (Lipinski definition) is 2. The Balaban J connectivity index is 2.29. The maximum absolute atomic E-state index is 10.2. The molecule has 1 aromatic rings. The molecule has 2 aliphatic rings. The number of amidine groups is 1. The minimum atomic E-state index is -1.00. The zero-order valence-electron chi connectivity index (χ0n) is 6.86. The molecule has 0 radical (unpaired) electrons. The SMILES string of the molecule is OC12C=CN=C1Nc1ccccc12. The first-order valence-corrected chi connectivity index (χ1v) is 4.15. The van der Waals surface area contributed by atoms with Crippen LogP contribution in [0.2, 0.25) is 0 Å². The predicted octanol–water partition coefficient (Wildman–Crippen LogP) is 1.23. The van der Waals surface area contributed by atoms with Crippen LogP contribution in [0, 0.1) is 0 Å². The van der Waals surface area contributed by atoms with Crippen LogP contribution >= 0.6 is 0 Å². The standard InChI is InChI=1S/C10H8N2O/c13-10-5-6-11-9(10)12-8-4-2-1-3-7(8)10/h1-6,13H,(H,11,12). The fourth-order valence-corrected chi connectivity index (χ4v) is 1.79. The van der Waals surface area contributed by atoms with Crippen molar-refractivity contribution in [2.45, 2.75) is 5.60 Å². The second-order valence-corrected chi connectivity index (χ2v) is 3.23. The minimum absolute atomic E-state index is 0.605. The second kappa shape index (κ2) is 2.00. The molecule has 2 heterocycles. The summed E-state index contributed by atoms with van der Waals surface area (Å²) in [6, 6.07) is 7.68. The highest BCUT2D eigenvalue weighted by Gasteiger charge is 2.42. The van der Waals surface area contributed by atoms with Gasteiger partial charge in [0.25, 0.3) is 0 Å². The minimum Gasteiger partial charge on any atom is -0.373 e. The van der Waals surface area contributed by atoms with E-state index in [-0.39, 0.29) is 0 Å². The Morgan fingerprint density at radius 1 is 1.31 bits per heavy atom. The van der Waals surface area contributed by atoms with Gasteiger partial charge in [-0.3, -0.25) is 0 Å². The first-order valence-electron chi connectivity index (χ1n) is 4.15. The smallest absolute Gasteiger partial charge is 0.169 e. The predicted molar refractivity (Wildman–Crippen MR) is 50.5 cm³/mol. The fraction of sp³-hybridized carbons (Fsp3) is 0.100. The zero-order valence-corrected chi connectivity index (χ0v) is 6.86. The lowest BCUT2D eigenvalue weighted by Crippen LogP contribution is -2.29. The van der Waals surface area contributed by atoms with E-state index in [1.165, 1.54) is 0 Å². The number of nitrogens with one attached hydrogen (secondary N) is 1. The summed E-state index contributed by atoms with van der Waals surface area (Å²) in [5.41, 5.74) is 0.812. The van der Waals surface area contributed by atoms with Crippen molar-refractivity contribution in [2.24, 2.45) is 4.99 Å². The highest BCUT2D eigenvalue weighted by Crippen LogP contribution is 2.39. The molecule has 3 heteroatoms. The van der Waals surface area contributed by atoms with Gasteiger partial charge < -0.3 is 10.4 Å². The van der Waals surface area contributed by atoms with Gasteiger partial charge in [-0.05, 0) is 12.1 Å². The van der Waals surface area contributed by atoms with Crippen molar-refractivity contribution in [3.05, 3.63) is 42.1 Å². The number of nitrogens with zero attached hydrogens (tertiary/aromatic N) is 1. The molecule has 2 aliphatic heterocycles. The molecule has 0 bridgehead atoms. The number of anilines is 1. The topological polar surface area (TPSA) is 44.6 Å². The highest BCUT2D eigenvalue weighted by atomic mass is 16.3. The van der Waals surface area contributed by atoms with Gasteiger partial charge in [-0.15, -0.1) is 0 Å². The van der Waals surface area contributed by atoms with Crippen molar-refractivity contribution in [3.8, 4) is 0 Å². The molecule has 1 unspecified atom stereocenters. The highest BCUT2D eigenvalue weighted by molar-refractivity contribution is 6.11. The molecule has 0 saturated heterocycles. The van der Waals surface area contributed by atoms with Gasteiger partial charge in [0.1, 0.15) is 5.84 Å². The fourth-order valence-electron chi connectivity index (χ4n) is 1.79. The number of aliphatic hydroxyl groups is 1. The zero-order chi connectivity index (χ0) is 8.89. The van der Waals surface area contributed by atoms with E-state index < -0.39 is 5.60 Å². The maximum Gasteiger partial charge on any atom is 0.169 e. The number of hydrogen-bond acceptors (Lipinski definition) is 3. The molecule has 1 aromatic carbocycles. The van der Waals surface area contributed by atoms with Gasteiger partial charge in [-0.2, -0.15) is 0 Å². The number of aliphatic imine (C=N–C) groups is 1. The maximum atomic E-state index is 10.2. The molecule has 13 heavy (non-hydrogen) atoms. The summed E-state index contributed by atoms with van der Waals surface area (Å²) in [4.78, 5) is 4.06. The third-order valence-corrected chi connectivity index (χ3v) is 2.47. The number of fused-ring (bicyclic) bond motifs is 3. The molecule has 3 rings (SSSR count). The third-order valence-electron chi connectivity index (χ3n) is 2.47. The van der Waals surface area contributed by atoms with E-state index in [0.29, 0.717) is 5.84 Å². The molecule has 2 N–H and O–H groups in total. The first kappa shape index (κ1) is 6.86. The first-order chi connectivity index (χ1) is 6.31. The molecular weight excluding hydrogens is 164 g/mol. The Labute approximate surface area is 75.4 Å². The lowest BCUT2D eigenvalue weighted by Gasteiger charge is -2.14. The molecule has 0 aliphatic carbocycles. The molecule has 1 atom stereocenters. The van der Waals surface area contributed by atoms with Crippen molar-refractivity contribution >= 4 is 11.5 Å². The van der Waals surface area contributed by atoms with E-state index in [1.54, 1.807) is 12.3 Å². The van der Waals surface area contributed by atoms with Crippen LogP contribution in [0.4, 0.5) is 5.69 Å². The molecule has 64 valence electrons. The van der Waals surface area contributed by atoms with Crippen molar-refractivity contribution in [1.82, 2.24) is 0 Å². The summed E-state index contributed by atoms with van der Waals surface area (Å²) in [6.45, 7) is 0. The van der Waals surface area contributed by atoms with Crippen molar-refractivity contribution in [1.29, 1.82) is 0 Å². The third kappa shape index (κ3) is 0.697. The van der Waals surface area contributed by atoms with Gasteiger partial charge in [-0.25, -0.2) is 4.99 Å². The normalized spacial score (nSPS) is 27.9. The van der Waals surface area contributed by atoms with Gasteiger partial charge in [-0.1, -0.05) is 18.2 Å². The van der Waals surface area contributed by atoms with E-state index in [0.717, 1.165) is 11.3 Å². The van der Waals surface area contributed by atoms with Crippen LogP contribution in [-0.4, -0.2) is 10.9 Å². The van der Waals surface area contributed by atoms with Gasteiger partial charge in [0, 0.05) is 17.5 Å². The molecule has 0 amide bonds. The quantitative estimate of drug-likeness (QED) is 0.618. The lowest BCUT2D eigenvalue weighted by molar-refractivity contribution is 0.172. The Kier molecular flexibility index (Phi) is 1.06. The second-order valence-electron chi connectivity index (χ2n) is 3.23. The Morgan fingerprint density at radius 2 is 2.15 bits per heavy atom. The van der Waals surface area contributed by atoms with Gasteiger partial charge in [0.05, 0.1) is 0 Å². The molecule has 0 fully saturated rings. The molecule has 0 aromatic heterocycles. The number of para-hydroxylation sites is 1. The lowest BCUT2D eigenvalue weighted by atomic mass is 9.96. The van der Waals surface area contributed by atoms with Crippen LogP contribution in [0.1, 0.15) is 5.56 Å². The van der Waals surface area contributed by atoms with Crippen molar-refractivity contribution in [3.63, 3.8) is 0 Å².